The minimum atomic E-state index is -1.64. The predicted molar refractivity (Wildman–Crippen MR) is 135 cm³/mol. The van der Waals surface area contributed by atoms with Gasteiger partial charge in [0.2, 0.25) is 12.1 Å². The molecule has 0 radical (unpaired) electrons. The zero-order valence-electron chi connectivity index (χ0n) is 19.2. The lowest BCUT2D eigenvalue weighted by Gasteiger charge is -2.43. The molecular formula is C25H23BrN7O3+. The highest BCUT2D eigenvalue weighted by molar-refractivity contribution is 9.10. The molecule has 3 aromatic heterocycles. The van der Waals surface area contributed by atoms with Crippen molar-refractivity contribution in [1.82, 2.24) is 30.6 Å². The van der Waals surface area contributed by atoms with Gasteiger partial charge in [0.05, 0.1) is 23.3 Å². The third-order valence-corrected chi connectivity index (χ3v) is 8.27. The number of carbonyl (C=O) groups excluding carboxylic acids is 1. The number of halogens is 1. The number of allylic oxidation sites excluding steroid dienone is 1. The lowest BCUT2D eigenvalue weighted by molar-refractivity contribution is -0.431. The molecule has 11 heteroatoms. The van der Waals surface area contributed by atoms with Crippen molar-refractivity contribution in [3.8, 4) is 22.5 Å². The van der Waals surface area contributed by atoms with Crippen LogP contribution in [0.4, 0.5) is 0 Å². The Morgan fingerprint density at radius 2 is 1.97 bits per heavy atom. The fourth-order valence-corrected chi connectivity index (χ4v) is 6.43. The molecule has 2 aliphatic carbocycles. The van der Waals surface area contributed by atoms with Crippen molar-refractivity contribution in [2.24, 2.45) is 5.92 Å². The van der Waals surface area contributed by atoms with Crippen molar-refractivity contribution in [3.63, 3.8) is 0 Å². The first-order valence-corrected chi connectivity index (χ1v) is 12.5. The molecule has 4 aromatic rings. The normalized spacial score (nSPS) is 26.6. The molecule has 4 heterocycles. The Balaban J connectivity index is 1.33. The molecule has 36 heavy (non-hydrogen) atoms. The van der Waals surface area contributed by atoms with E-state index in [1.165, 1.54) is 0 Å². The van der Waals surface area contributed by atoms with Crippen molar-refractivity contribution >= 4 is 32.6 Å². The van der Waals surface area contributed by atoms with Crippen LogP contribution in [0.5, 0.6) is 0 Å². The minimum Gasteiger partial charge on any atom is -0.375 e. The molecule has 7 rings (SSSR count). The highest BCUT2D eigenvalue weighted by Crippen LogP contribution is 2.53. The van der Waals surface area contributed by atoms with Crippen LogP contribution in [0.2, 0.25) is 0 Å². The molecule has 9 N–H and O–H groups in total. The highest BCUT2D eigenvalue weighted by atomic mass is 79.9. The number of aromatic amines is 3. The van der Waals surface area contributed by atoms with Crippen LogP contribution in [0.3, 0.4) is 0 Å². The quantitative estimate of drug-likeness (QED) is 0.201. The lowest BCUT2D eigenvalue weighted by Crippen LogP contribution is -2.71. The number of ketones is 1. The second kappa shape index (κ2) is 7.19. The molecule has 0 spiro atoms. The van der Waals surface area contributed by atoms with Crippen molar-refractivity contribution < 1.29 is 15.6 Å². The average Bonchev–Trinajstić information content (AvgIpc) is 3.57. The summed E-state index contributed by atoms with van der Waals surface area (Å²) in [6.45, 7) is 2.07. The first-order chi connectivity index (χ1) is 17.3. The van der Waals surface area contributed by atoms with E-state index in [-0.39, 0.29) is 35.9 Å². The van der Waals surface area contributed by atoms with E-state index in [2.05, 4.69) is 59.2 Å². The van der Waals surface area contributed by atoms with E-state index in [9.17, 15) is 14.7 Å². The summed E-state index contributed by atoms with van der Waals surface area (Å²) in [5.74, 6) is -0.525. The third-order valence-electron chi connectivity index (χ3n) is 7.77. The number of nitrogens with zero attached hydrogens (tertiary/aromatic N) is 1. The van der Waals surface area contributed by atoms with Crippen LogP contribution in [0, 0.1) is 5.92 Å². The summed E-state index contributed by atoms with van der Waals surface area (Å²) >= 11 is 3.46. The van der Waals surface area contributed by atoms with Gasteiger partial charge in [-0.3, -0.25) is 9.59 Å². The Kier molecular flexibility index (Phi) is 4.31. The van der Waals surface area contributed by atoms with Crippen molar-refractivity contribution in [1.29, 1.82) is 0 Å². The third kappa shape index (κ3) is 2.75. The Morgan fingerprint density at radius 3 is 2.78 bits per heavy atom. The van der Waals surface area contributed by atoms with Gasteiger partial charge in [-0.25, -0.2) is 4.98 Å². The number of fused-ring (bicyclic) bond motifs is 6. The number of quaternary nitrogens is 1. The summed E-state index contributed by atoms with van der Waals surface area (Å²) in [7, 11) is 0. The highest BCUT2D eigenvalue weighted by Gasteiger charge is 2.57. The Morgan fingerprint density at radius 1 is 1.17 bits per heavy atom. The van der Waals surface area contributed by atoms with Crippen LogP contribution in [0.25, 0.3) is 33.4 Å². The molecule has 0 fully saturated rings. The maximum Gasteiger partial charge on any atom is 0.275 e. The summed E-state index contributed by atoms with van der Waals surface area (Å²) in [6.07, 6.45) is 5.06. The van der Waals surface area contributed by atoms with Crippen molar-refractivity contribution in [2.75, 3.05) is 0 Å². The van der Waals surface area contributed by atoms with Gasteiger partial charge in [-0.2, -0.15) is 0 Å². The molecule has 1 aliphatic heterocycles. The lowest BCUT2D eigenvalue weighted by atomic mass is 9.64. The van der Waals surface area contributed by atoms with Crippen molar-refractivity contribution in [3.05, 3.63) is 74.3 Å². The maximum absolute atomic E-state index is 13.5. The molecule has 0 saturated carbocycles. The zero-order valence-corrected chi connectivity index (χ0v) is 20.8. The van der Waals surface area contributed by atoms with E-state index in [0.717, 1.165) is 26.6 Å². The standard InChI is InChI=1S/C25H22BrN7O3/c1-9-12-5-25(36,21-18(9)32-24(27)33-21)22(34)20-17(12)14(7-29-20)16-8-30-19(23(35)31-16)13-6-28-15-4-10(26)2-3-11(13)15/h2-4,6-9,12,24,28-29,32-33,36H,5,27H2,1H3,(H,31,35)/p+1/t9-,12-,24?,25-/m1/s1. The minimum absolute atomic E-state index is 0.00502. The van der Waals surface area contributed by atoms with Gasteiger partial charge in [-0.15, -0.1) is 0 Å². The number of hydrogen-bond donors (Lipinski definition) is 7. The number of carbonyl (C=O) groups is 1. The first-order valence-electron chi connectivity index (χ1n) is 11.7. The zero-order chi connectivity index (χ0) is 24.9. The number of nitrogens with one attached hydrogen (secondary N) is 5. The van der Waals surface area contributed by atoms with Gasteiger partial charge in [-0.05, 0) is 30.0 Å². The summed E-state index contributed by atoms with van der Waals surface area (Å²) < 4.78 is 0.938. The molecule has 0 saturated heterocycles. The number of hydrogen-bond acceptors (Lipinski definition) is 6. The van der Waals surface area contributed by atoms with E-state index in [1.807, 2.05) is 18.2 Å². The Labute approximate surface area is 212 Å². The Hall–Kier alpha value is -3.67. The number of H-pyrrole nitrogens is 3. The SMILES string of the molecule is C[C@H]1C2=C(NC([NH3+])N2)[C@]2(O)C[C@H]1c1c(-c3cnc(-c4c[nH]c5cc(Br)ccc45)c(=O)[nH]3)c[nH]c1C2=O. The summed E-state index contributed by atoms with van der Waals surface area (Å²) in [5, 5.41) is 18.8. The van der Waals surface area contributed by atoms with Crippen LogP contribution < -0.4 is 21.9 Å². The van der Waals surface area contributed by atoms with Crippen LogP contribution in [0.1, 0.15) is 35.3 Å². The summed E-state index contributed by atoms with van der Waals surface area (Å²) in [6, 6.07) is 5.80. The topological polar surface area (TPSA) is 166 Å². The molecular weight excluding hydrogens is 526 g/mol. The van der Waals surface area contributed by atoms with E-state index in [0.29, 0.717) is 33.9 Å². The number of rotatable bonds is 2. The molecule has 1 aromatic carbocycles. The molecule has 0 amide bonds. The van der Waals surface area contributed by atoms with E-state index >= 15 is 0 Å². The van der Waals surface area contributed by atoms with Gasteiger partial charge in [-0.1, -0.05) is 28.9 Å². The second-order valence-electron chi connectivity index (χ2n) is 9.78. The van der Waals surface area contributed by atoms with Gasteiger partial charge in [0.25, 0.3) is 5.56 Å². The average molecular weight is 549 g/mol. The number of Topliss-reactive ketones (excluding diaryl/α,β-unsaturated/α-hetero) is 1. The van der Waals surface area contributed by atoms with Gasteiger partial charge < -0.3 is 36.4 Å². The molecule has 182 valence electrons. The Bertz CT molecular complexity index is 1700. The molecule has 4 atom stereocenters. The number of aliphatic hydroxyl groups is 1. The van der Waals surface area contributed by atoms with Gasteiger partial charge in [0.15, 0.2) is 5.60 Å². The molecule has 10 nitrogen and oxygen atoms in total. The second-order valence-corrected chi connectivity index (χ2v) is 10.7. The van der Waals surface area contributed by atoms with E-state index in [1.54, 1.807) is 18.6 Å². The fourth-order valence-electron chi connectivity index (χ4n) is 6.07. The van der Waals surface area contributed by atoms with Gasteiger partial charge >= 0.3 is 0 Å². The monoisotopic (exact) mass is 548 g/mol. The predicted octanol–water partition coefficient (Wildman–Crippen LogP) is 1.66. The van der Waals surface area contributed by atoms with Gasteiger partial charge in [0, 0.05) is 50.5 Å². The van der Waals surface area contributed by atoms with Crippen LogP contribution >= 0.6 is 15.9 Å². The smallest absolute Gasteiger partial charge is 0.275 e. The van der Waals surface area contributed by atoms with Crippen molar-refractivity contribution in [2.45, 2.75) is 31.2 Å². The van der Waals surface area contributed by atoms with Crippen LogP contribution in [-0.4, -0.2) is 42.7 Å². The molecule has 1 unspecified atom stereocenters. The van der Waals surface area contributed by atoms with E-state index < -0.39 is 5.60 Å². The largest absolute Gasteiger partial charge is 0.375 e. The number of benzene rings is 1. The first kappa shape index (κ1) is 21.6. The fraction of sp³-hybridized carbons (Fsp3) is 0.240. The molecule has 3 aliphatic rings. The maximum atomic E-state index is 13.5. The number of aromatic nitrogens is 4. The van der Waals surface area contributed by atoms with Crippen LogP contribution in [0.15, 0.2) is 57.5 Å². The van der Waals surface area contributed by atoms with Gasteiger partial charge in [0.1, 0.15) is 5.69 Å². The summed E-state index contributed by atoms with van der Waals surface area (Å²) in [5.41, 5.74) is 7.65. The summed E-state index contributed by atoms with van der Waals surface area (Å²) in [4.78, 5) is 40.4. The van der Waals surface area contributed by atoms with E-state index in [4.69, 9.17) is 0 Å². The molecule has 2 bridgehead atoms. The van der Waals surface area contributed by atoms with Crippen LogP contribution in [-0.2, 0) is 0 Å².